The van der Waals surface area contributed by atoms with Crippen LogP contribution in [0.25, 0.3) is 11.3 Å². The van der Waals surface area contributed by atoms with Crippen molar-refractivity contribution in [2.45, 2.75) is 16.5 Å². The average molecular weight is 390 g/mol. The first-order valence-corrected chi connectivity index (χ1v) is 10.0. The summed E-state index contributed by atoms with van der Waals surface area (Å²) in [6.07, 6.45) is 0. The van der Waals surface area contributed by atoms with Crippen LogP contribution in [-0.2, 0) is 4.79 Å². The SMILES string of the molecule is C[C@@H](Sc1nc(-c2ccccc2)cs1)C(=O)Nc1sccc1C(N)=O. The van der Waals surface area contributed by atoms with E-state index in [0.29, 0.717) is 10.6 Å². The molecule has 3 rings (SSSR count). The molecule has 2 aromatic heterocycles. The maximum absolute atomic E-state index is 12.4. The van der Waals surface area contributed by atoms with Gasteiger partial charge in [0.15, 0.2) is 4.34 Å². The Hall–Kier alpha value is -2.16. The zero-order chi connectivity index (χ0) is 17.8. The van der Waals surface area contributed by atoms with E-state index in [2.05, 4.69) is 10.3 Å². The molecule has 2 amide bonds. The molecule has 0 aliphatic carbocycles. The van der Waals surface area contributed by atoms with E-state index < -0.39 is 5.91 Å². The van der Waals surface area contributed by atoms with Crippen LogP contribution in [0, 0.1) is 0 Å². The van der Waals surface area contributed by atoms with Gasteiger partial charge in [-0.2, -0.15) is 0 Å². The summed E-state index contributed by atoms with van der Waals surface area (Å²) in [4.78, 5) is 28.3. The molecule has 3 aromatic rings. The third-order valence-corrected chi connectivity index (χ3v) is 6.27. The van der Waals surface area contributed by atoms with Gasteiger partial charge < -0.3 is 11.1 Å². The van der Waals surface area contributed by atoms with E-state index in [1.807, 2.05) is 35.7 Å². The van der Waals surface area contributed by atoms with Crippen molar-refractivity contribution in [1.82, 2.24) is 4.98 Å². The minimum Gasteiger partial charge on any atom is -0.366 e. The molecule has 0 unspecified atom stereocenters. The minimum absolute atomic E-state index is 0.189. The molecule has 2 heterocycles. The largest absolute Gasteiger partial charge is 0.366 e. The molecule has 128 valence electrons. The molecular weight excluding hydrogens is 374 g/mol. The Morgan fingerprint density at radius 3 is 2.68 bits per heavy atom. The summed E-state index contributed by atoms with van der Waals surface area (Å²) in [7, 11) is 0. The molecule has 0 aliphatic rings. The van der Waals surface area contributed by atoms with Gasteiger partial charge in [-0.1, -0.05) is 42.1 Å². The monoisotopic (exact) mass is 389 g/mol. The molecule has 0 fully saturated rings. The van der Waals surface area contributed by atoms with Crippen LogP contribution in [0.3, 0.4) is 0 Å². The second kappa shape index (κ2) is 7.81. The fourth-order valence-corrected chi connectivity index (χ4v) is 4.84. The lowest BCUT2D eigenvalue weighted by atomic mass is 10.2. The smallest absolute Gasteiger partial charge is 0.251 e. The van der Waals surface area contributed by atoms with E-state index in [0.717, 1.165) is 15.6 Å². The number of thiophene rings is 1. The number of aromatic nitrogens is 1. The van der Waals surface area contributed by atoms with Gasteiger partial charge in [0.1, 0.15) is 5.00 Å². The van der Waals surface area contributed by atoms with E-state index in [1.54, 1.807) is 18.4 Å². The van der Waals surface area contributed by atoms with Crippen molar-refractivity contribution in [3.63, 3.8) is 0 Å². The first kappa shape index (κ1) is 17.7. The second-order valence-electron chi connectivity index (χ2n) is 5.14. The number of nitrogens with one attached hydrogen (secondary N) is 1. The first-order valence-electron chi connectivity index (χ1n) is 7.40. The molecule has 0 bridgehead atoms. The van der Waals surface area contributed by atoms with Crippen molar-refractivity contribution in [3.05, 3.63) is 52.7 Å². The zero-order valence-corrected chi connectivity index (χ0v) is 15.7. The van der Waals surface area contributed by atoms with Gasteiger partial charge in [-0.05, 0) is 18.4 Å². The topological polar surface area (TPSA) is 85.1 Å². The van der Waals surface area contributed by atoms with Crippen molar-refractivity contribution in [3.8, 4) is 11.3 Å². The van der Waals surface area contributed by atoms with E-state index >= 15 is 0 Å². The van der Waals surface area contributed by atoms with Crippen molar-refractivity contribution < 1.29 is 9.59 Å². The van der Waals surface area contributed by atoms with Crippen LogP contribution in [0.1, 0.15) is 17.3 Å². The number of primary amides is 1. The molecule has 3 N–H and O–H groups in total. The van der Waals surface area contributed by atoms with Gasteiger partial charge in [0.05, 0.1) is 16.5 Å². The van der Waals surface area contributed by atoms with E-state index in [4.69, 9.17) is 5.73 Å². The number of thiazole rings is 1. The van der Waals surface area contributed by atoms with E-state index in [-0.39, 0.29) is 11.2 Å². The van der Waals surface area contributed by atoms with Gasteiger partial charge in [-0.3, -0.25) is 9.59 Å². The summed E-state index contributed by atoms with van der Waals surface area (Å²) in [6, 6.07) is 11.5. The molecule has 0 spiro atoms. The molecule has 5 nitrogen and oxygen atoms in total. The third kappa shape index (κ3) is 4.28. The molecule has 8 heteroatoms. The van der Waals surface area contributed by atoms with Gasteiger partial charge in [-0.15, -0.1) is 22.7 Å². The van der Waals surface area contributed by atoms with Crippen LogP contribution >= 0.6 is 34.4 Å². The molecule has 0 saturated carbocycles. The fraction of sp³-hybridized carbons (Fsp3) is 0.118. The molecular formula is C17H15N3O2S3. The van der Waals surface area contributed by atoms with Crippen molar-refractivity contribution >= 4 is 51.3 Å². The van der Waals surface area contributed by atoms with E-state index in [1.165, 1.54) is 34.4 Å². The number of hydrogen-bond donors (Lipinski definition) is 2. The zero-order valence-electron chi connectivity index (χ0n) is 13.3. The quantitative estimate of drug-likeness (QED) is 0.622. The lowest BCUT2D eigenvalue weighted by Gasteiger charge is -2.10. The number of carbonyl (C=O) groups is 2. The van der Waals surface area contributed by atoms with Gasteiger partial charge in [0, 0.05) is 10.9 Å². The summed E-state index contributed by atoms with van der Waals surface area (Å²) in [6.45, 7) is 1.81. The Morgan fingerprint density at radius 1 is 1.20 bits per heavy atom. The van der Waals surface area contributed by atoms with Crippen LogP contribution in [-0.4, -0.2) is 22.0 Å². The maximum atomic E-state index is 12.4. The second-order valence-corrected chi connectivity index (χ2v) is 8.50. The molecule has 0 saturated heterocycles. The maximum Gasteiger partial charge on any atom is 0.251 e. The molecule has 0 radical (unpaired) electrons. The number of anilines is 1. The highest BCUT2D eigenvalue weighted by Crippen LogP contribution is 2.31. The number of rotatable bonds is 6. The average Bonchev–Trinajstić information content (AvgIpc) is 3.25. The van der Waals surface area contributed by atoms with Crippen LogP contribution in [0.2, 0.25) is 0 Å². The number of amides is 2. The highest BCUT2D eigenvalue weighted by atomic mass is 32.2. The fourth-order valence-electron chi connectivity index (χ4n) is 2.07. The lowest BCUT2D eigenvalue weighted by molar-refractivity contribution is -0.115. The summed E-state index contributed by atoms with van der Waals surface area (Å²) in [5.74, 6) is -0.740. The van der Waals surface area contributed by atoms with Crippen molar-refractivity contribution in [1.29, 1.82) is 0 Å². The van der Waals surface area contributed by atoms with Crippen molar-refractivity contribution in [2.75, 3.05) is 5.32 Å². The Labute approximate surface area is 157 Å². The van der Waals surface area contributed by atoms with Crippen molar-refractivity contribution in [2.24, 2.45) is 5.73 Å². The Balaban J connectivity index is 1.65. The molecule has 0 aliphatic heterocycles. The molecule has 1 aromatic carbocycles. The predicted octanol–water partition coefficient (Wildman–Crippen LogP) is 4.09. The number of hydrogen-bond acceptors (Lipinski definition) is 6. The normalized spacial score (nSPS) is 11.9. The summed E-state index contributed by atoms with van der Waals surface area (Å²) >= 11 is 4.17. The number of carbonyl (C=O) groups excluding carboxylic acids is 2. The number of nitrogens with two attached hydrogens (primary N) is 1. The molecule has 25 heavy (non-hydrogen) atoms. The lowest BCUT2D eigenvalue weighted by Crippen LogP contribution is -2.23. The molecule has 1 atom stereocenters. The summed E-state index contributed by atoms with van der Waals surface area (Å²) in [5.41, 5.74) is 7.57. The van der Waals surface area contributed by atoms with Gasteiger partial charge >= 0.3 is 0 Å². The third-order valence-electron chi connectivity index (χ3n) is 3.37. The summed E-state index contributed by atoms with van der Waals surface area (Å²) < 4.78 is 0.822. The van der Waals surface area contributed by atoms with Gasteiger partial charge in [-0.25, -0.2) is 4.98 Å². The van der Waals surface area contributed by atoms with Crippen LogP contribution in [0.5, 0.6) is 0 Å². The van der Waals surface area contributed by atoms with Gasteiger partial charge in [0.25, 0.3) is 5.91 Å². The predicted molar refractivity (Wildman–Crippen MR) is 104 cm³/mol. The standard InChI is InChI=1S/C17H15N3O2S3/c1-10(15(22)20-16-12(14(18)21)7-8-23-16)25-17-19-13(9-24-17)11-5-3-2-4-6-11/h2-10H,1H3,(H2,18,21)(H,20,22)/t10-/m1/s1. The first-order chi connectivity index (χ1) is 12.0. The number of thioether (sulfide) groups is 1. The Kier molecular flexibility index (Phi) is 5.52. The highest BCUT2D eigenvalue weighted by molar-refractivity contribution is 8.02. The summed E-state index contributed by atoms with van der Waals surface area (Å²) in [5, 5.41) is 6.60. The van der Waals surface area contributed by atoms with Gasteiger partial charge in [0.2, 0.25) is 5.91 Å². The van der Waals surface area contributed by atoms with Crippen LogP contribution < -0.4 is 11.1 Å². The van der Waals surface area contributed by atoms with Crippen LogP contribution in [0.4, 0.5) is 5.00 Å². The highest BCUT2D eigenvalue weighted by Gasteiger charge is 2.19. The number of benzene rings is 1. The Morgan fingerprint density at radius 2 is 1.96 bits per heavy atom. The Bertz CT molecular complexity index is 889. The number of nitrogens with zero attached hydrogens (tertiary/aromatic N) is 1. The minimum atomic E-state index is -0.552. The van der Waals surface area contributed by atoms with Crippen LogP contribution in [0.15, 0.2) is 51.5 Å². The van der Waals surface area contributed by atoms with E-state index in [9.17, 15) is 9.59 Å².